The molecular formula is C16H22FNO3. The summed E-state index contributed by atoms with van der Waals surface area (Å²) in [6.45, 7) is 10.2. The van der Waals surface area contributed by atoms with Crippen LogP contribution in [0.5, 0.6) is 0 Å². The highest BCUT2D eigenvalue weighted by molar-refractivity contribution is 5.88. The number of carboxylic acid groups (broad SMARTS) is 1. The Labute approximate surface area is 124 Å². The van der Waals surface area contributed by atoms with E-state index < -0.39 is 11.8 Å². The van der Waals surface area contributed by atoms with Gasteiger partial charge in [-0.1, -0.05) is 6.07 Å². The summed E-state index contributed by atoms with van der Waals surface area (Å²) in [5, 5.41) is 8.99. The Hall–Kier alpha value is -1.46. The molecule has 2 rings (SSSR count). The number of carbonyl (C=O) groups is 1. The van der Waals surface area contributed by atoms with Crippen LogP contribution in [0.2, 0.25) is 0 Å². The fourth-order valence-corrected chi connectivity index (χ4v) is 3.15. The second-order valence-electron chi connectivity index (χ2n) is 6.89. The molecule has 4 nitrogen and oxygen atoms in total. The third kappa shape index (κ3) is 4.02. The first-order chi connectivity index (χ1) is 9.58. The molecule has 1 fully saturated rings. The molecule has 1 aliphatic rings. The maximum absolute atomic E-state index is 13.4. The lowest BCUT2D eigenvalue weighted by atomic mass is 9.98. The van der Waals surface area contributed by atoms with E-state index in [0.29, 0.717) is 6.54 Å². The average Bonchev–Trinajstić information content (AvgIpc) is 2.27. The van der Waals surface area contributed by atoms with E-state index in [2.05, 4.69) is 4.90 Å². The molecule has 0 aromatic heterocycles. The lowest BCUT2D eigenvalue weighted by Gasteiger charge is -2.47. The number of ether oxygens (including phenoxy) is 1. The molecule has 0 radical (unpaired) electrons. The van der Waals surface area contributed by atoms with Gasteiger partial charge in [0.05, 0.1) is 16.8 Å². The third-order valence-corrected chi connectivity index (χ3v) is 3.43. The quantitative estimate of drug-likeness (QED) is 0.931. The molecule has 1 heterocycles. The predicted octanol–water partition coefficient (Wildman–Crippen LogP) is 2.91. The van der Waals surface area contributed by atoms with Gasteiger partial charge in [0.1, 0.15) is 5.82 Å². The minimum Gasteiger partial charge on any atom is -0.478 e. The van der Waals surface area contributed by atoms with Crippen molar-refractivity contribution in [1.29, 1.82) is 0 Å². The molecule has 0 amide bonds. The summed E-state index contributed by atoms with van der Waals surface area (Å²) in [5.74, 6) is -1.94. The Morgan fingerprint density at radius 3 is 2.38 bits per heavy atom. The monoisotopic (exact) mass is 295 g/mol. The summed E-state index contributed by atoms with van der Waals surface area (Å²) in [5.41, 5.74) is -0.0176. The van der Waals surface area contributed by atoms with E-state index in [4.69, 9.17) is 9.84 Å². The van der Waals surface area contributed by atoms with Crippen LogP contribution in [0.25, 0.3) is 0 Å². The average molecular weight is 295 g/mol. The minimum absolute atomic E-state index is 0.266. The second-order valence-corrected chi connectivity index (χ2v) is 6.89. The van der Waals surface area contributed by atoms with Crippen molar-refractivity contribution in [2.75, 3.05) is 13.1 Å². The van der Waals surface area contributed by atoms with Crippen molar-refractivity contribution >= 4 is 5.97 Å². The van der Waals surface area contributed by atoms with E-state index >= 15 is 0 Å². The van der Waals surface area contributed by atoms with Crippen molar-refractivity contribution in [3.05, 3.63) is 35.1 Å². The molecule has 21 heavy (non-hydrogen) atoms. The van der Waals surface area contributed by atoms with Gasteiger partial charge in [-0.15, -0.1) is 0 Å². The molecular weight excluding hydrogens is 273 g/mol. The fourth-order valence-electron chi connectivity index (χ4n) is 3.15. The largest absolute Gasteiger partial charge is 0.478 e. The van der Waals surface area contributed by atoms with E-state index in [0.717, 1.165) is 18.7 Å². The lowest BCUT2D eigenvalue weighted by Crippen LogP contribution is -2.56. The lowest BCUT2D eigenvalue weighted by molar-refractivity contribution is -0.182. The van der Waals surface area contributed by atoms with E-state index in [-0.39, 0.29) is 16.8 Å². The van der Waals surface area contributed by atoms with Gasteiger partial charge in [-0.25, -0.2) is 9.18 Å². The van der Waals surface area contributed by atoms with Crippen LogP contribution in [0.1, 0.15) is 43.6 Å². The first-order valence-corrected chi connectivity index (χ1v) is 7.02. The summed E-state index contributed by atoms with van der Waals surface area (Å²) in [7, 11) is 0. The summed E-state index contributed by atoms with van der Waals surface area (Å²) >= 11 is 0. The van der Waals surface area contributed by atoms with Crippen molar-refractivity contribution in [2.45, 2.75) is 45.4 Å². The fraction of sp³-hybridized carbons (Fsp3) is 0.562. The van der Waals surface area contributed by atoms with Gasteiger partial charge in [-0.2, -0.15) is 0 Å². The molecule has 5 heteroatoms. The van der Waals surface area contributed by atoms with Crippen LogP contribution in [-0.4, -0.2) is 40.3 Å². The van der Waals surface area contributed by atoms with E-state index in [9.17, 15) is 9.18 Å². The summed E-state index contributed by atoms with van der Waals surface area (Å²) in [6, 6.07) is 4.26. The van der Waals surface area contributed by atoms with Crippen LogP contribution in [-0.2, 0) is 11.3 Å². The predicted molar refractivity (Wildman–Crippen MR) is 77.9 cm³/mol. The number of nitrogens with zero attached hydrogens (tertiary/aromatic N) is 1. The zero-order valence-corrected chi connectivity index (χ0v) is 12.9. The smallest absolute Gasteiger partial charge is 0.338 e. The molecule has 1 saturated heterocycles. The number of halogens is 1. The summed E-state index contributed by atoms with van der Waals surface area (Å²) in [6.07, 6.45) is 0. The SMILES string of the molecule is CC1(C)CN(Cc2ccc(F)c(C(=O)O)c2)CC(C)(C)O1. The van der Waals surface area contributed by atoms with Crippen molar-refractivity contribution in [2.24, 2.45) is 0 Å². The topological polar surface area (TPSA) is 49.8 Å². The zero-order valence-electron chi connectivity index (χ0n) is 12.9. The van der Waals surface area contributed by atoms with Crippen LogP contribution >= 0.6 is 0 Å². The van der Waals surface area contributed by atoms with Gasteiger partial charge in [0.15, 0.2) is 0 Å². The van der Waals surface area contributed by atoms with Crippen molar-refractivity contribution < 1.29 is 19.0 Å². The maximum atomic E-state index is 13.4. The third-order valence-electron chi connectivity index (χ3n) is 3.43. The molecule has 1 N–H and O–H groups in total. The van der Waals surface area contributed by atoms with Gasteiger partial charge in [-0.05, 0) is 45.4 Å². The van der Waals surface area contributed by atoms with Crippen LogP contribution in [0.4, 0.5) is 4.39 Å². The van der Waals surface area contributed by atoms with Crippen molar-refractivity contribution in [3.8, 4) is 0 Å². The first-order valence-electron chi connectivity index (χ1n) is 7.02. The van der Waals surface area contributed by atoms with Crippen molar-refractivity contribution in [1.82, 2.24) is 4.90 Å². The summed E-state index contributed by atoms with van der Waals surface area (Å²) < 4.78 is 19.4. The van der Waals surface area contributed by atoms with Gasteiger partial charge >= 0.3 is 5.97 Å². The molecule has 116 valence electrons. The van der Waals surface area contributed by atoms with Crippen LogP contribution in [0, 0.1) is 5.82 Å². The second kappa shape index (κ2) is 5.39. The molecule has 0 aliphatic carbocycles. The van der Waals surface area contributed by atoms with E-state index in [1.807, 2.05) is 27.7 Å². The maximum Gasteiger partial charge on any atom is 0.338 e. The molecule has 1 aliphatic heterocycles. The number of carboxylic acids is 1. The van der Waals surface area contributed by atoms with Gasteiger partial charge in [0, 0.05) is 19.6 Å². The molecule has 1 aromatic carbocycles. The zero-order chi connectivity index (χ0) is 15.8. The normalized spacial score (nSPS) is 21.2. The number of benzene rings is 1. The highest BCUT2D eigenvalue weighted by Crippen LogP contribution is 2.29. The Morgan fingerprint density at radius 2 is 1.86 bits per heavy atom. The number of morpholine rings is 1. The first kappa shape index (κ1) is 15.9. The molecule has 0 saturated carbocycles. The Balaban J connectivity index is 2.18. The van der Waals surface area contributed by atoms with Crippen LogP contribution < -0.4 is 0 Å². The molecule has 1 aromatic rings. The Kier molecular flexibility index (Phi) is 4.08. The number of hydrogen-bond donors (Lipinski definition) is 1. The van der Waals surface area contributed by atoms with Crippen LogP contribution in [0.15, 0.2) is 18.2 Å². The molecule has 0 bridgehead atoms. The van der Waals surface area contributed by atoms with E-state index in [1.54, 1.807) is 6.07 Å². The highest BCUT2D eigenvalue weighted by atomic mass is 19.1. The summed E-state index contributed by atoms with van der Waals surface area (Å²) in [4.78, 5) is 13.2. The highest BCUT2D eigenvalue weighted by Gasteiger charge is 2.37. The number of rotatable bonds is 3. The standard InChI is InChI=1S/C16H22FNO3/c1-15(2)9-18(10-16(3,4)21-15)8-11-5-6-13(17)12(7-11)14(19)20/h5-7H,8-10H2,1-4H3,(H,19,20). The number of hydrogen-bond acceptors (Lipinski definition) is 3. The Bertz CT molecular complexity index is 538. The number of aromatic carboxylic acids is 1. The van der Waals surface area contributed by atoms with Gasteiger partial charge in [0.25, 0.3) is 0 Å². The van der Waals surface area contributed by atoms with Gasteiger partial charge in [0.2, 0.25) is 0 Å². The molecule has 0 unspecified atom stereocenters. The Morgan fingerprint density at radius 1 is 1.29 bits per heavy atom. The van der Waals surface area contributed by atoms with Gasteiger partial charge < -0.3 is 9.84 Å². The van der Waals surface area contributed by atoms with Gasteiger partial charge in [-0.3, -0.25) is 4.90 Å². The molecule has 0 atom stereocenters. The van der Waals surface area contributed by atoms with E-state index in [1.165, 1.54) is 12.1 Å². The minimum atomic E-state index is -1.24. The van der Waals surface area contributed by atoms with Crippen LogP contribution in [0.3, 0.4) is 0 Å². The van der Waals surface area contributed by atoms with Crippen molar-refractivity contribution in [3.63, 3.8) is 0 Å². The molecule has 0 spiro atoms.